The Bertz CT molecular complexity index is 1560. The number of nitrogens with zero attached hydrogens (tertiary/aromatic N) is 2. The molecule has 7 heteroatoms. The fourth-order valence-corrected chi connectivity index (χ4v) is 6.00. The van der Waals surface area contributed by atoms with Crippen LogP contribution in [0.5, 0.6) is 0 Å². The van der Waals surface area contributed by atoms with Gasteiger partial charge >= 0.3 is 0 Å². The van der Waals surface area contributed by atoms with Crippen molar-refractivity contribution in [3.8, 4) is 0 Å². The first-order valence-electron chi connectivity index (χ1n) is 12.5. The number of H-pyrrole nitrogens is 1. The lowest BCUT2D eigenvalue weighted by Gasteiger charge is -2.41. The van der Waals surface area contributed by atoms with Gasteiger partial charge in [-0.2, -0.15) is 0 Å². The van der Waals surface area contributed by atoms with Crippen molar-refractivity contribution in [2.75, 3.05) is 11.4 Å². The molecule has 2 aliphatic rings. The number of anilines is 1. The SMILES string of the molecule is Cc1ccc(C(N)=O)cc1N1C(=O)CC(N2CC(c3ccccc3)c3c([nH]c4ccccc34)C2C)C1=O. The molecule has 0 saturated carbocycles. The van der Waals surface area contributed by atoms with Gasteiger partial charge in [0.25, 0.3) is 5.91 Å². The van der Waals surface area contributed by atoms with E-state index < -0.39 is 11.9 Å². The van der Waals surface area contributed by atoms with E-state index in [1.165, 1.54) is 27.5 Å². The Hall–Kier alpha value is -4.23. The molecule has 3 aromatic carbocycles. The van der Waals surface area contributed by atoms with Crippen molar-refractivity contribution in [2.24, 2.45) is 5.73 Å². The van der Waals surface area contributed by atoms with Gasteiger partial charge in [-0.05, 0) is 48.7 Å². The number of carbonyl (C=O) groups is 3. The summed E-state index contributed by atoms with van der Waals surface area (Å²) in [6.07, 6.45) is 0.0838. The molecule has 0 bridgehead atoms. The molecule has 37 heavy (non-hydrogen) atoms. The van der Waals surface area contributed by atoms with Crippen LogP contribution in [-0.4, -0.2) is 40.2 Å². The number of carbonyl (C=O) groups excluding carboxylic acids is 3. The van der Waals surface area contributed by atoms with Gasteiger partial charge in [0.2, 0.25) is 11.8 Å². The number of imide groups is 1. The van der Waals surface area contributed by atoms with Crippen LogP contribution in [0.15, 0.2) is 72.8 Å². The average molecular weight is 493 g/mol. The van der Waals surface area contributed by atoms with Crippen molar-refractivity contribution >= 4 is 34.3 Å². The standard InChI is InChI=1S/C30H28N4O3/c1-17-12-13-20(29(31)36)14-24(17)34-26(35)15-25(30(34)37)33-16-22(19-8-4-3-5-9-19)27-21-10-6-7-11-23(21)32-28(27)18(33)2/h3-14,18,22,25,32H,15-16H2,1-2H3,(H2,31,36). The molecule has 0 radical (unpaired) electrons. The highest BCUT2D eigenvalue weighted by Crippen LogP contribution is 2.45. The second-order valence-electron chi connectivity index (χ2n) is 9.99. The summed E-state index contributed by atoms with van der Waals surface area (Å²) in [5, 5.41) is 1.19. The van der Waals surface area contributed by atoms with E-state index >= 15 is 0 Å². The lowest BCUT2D eigenvalue weighted by molar-refractivity contribution is -0.123. The monoisotopic (exact) mass is 492 g/mol. The first kappa shape index (κ1) is 23.2. The molecule has 6 rings (SSSR count). The second-order valence-corrected chi connectivity index (χ2v) is 9.99. The van der Waals surface area contributed by atoms with Gasteiger partial charge in [-0.1, -0.05) is 54.6 Å². The lowest BCUT2D eigenvalue weighted by Crippen LogP contribution is -2.47. The van der Waals surface area contributed by atoms with Crippen LogP contribution in [-0.2, 0) is 9.59 Å². The van der Waals surface area contributed by atoms with Gasteiger partial charge in [0, 0.05) is 40.7 Å². The van der Waals surface area contributed by atoms with Gasteiger partial charge in [0.05, 0.1) is 18.2 Å². The van der Waals surface area contributed by atoms with E-state index in [2.05, 4.69) is 47.1 Å². The Morgan fingerprint density at radius 2 is 1.73 bits per heavy atom. The number of hydrogen-bond donors (Lipinski definition) is 2. The largest absolute Gasteiger partial charge is 0.366 e. The van der Waals surface area contributed by atoms with Crippen molar-refractivity contribution in [3.05, 3.63) is 101 Å². The second kappa shape index (κ2) is 8.71. The van der Waals surface area contributed by atoms with E-state index in [4.69, 9.17) is 5.73 Å². The molecule has 1 aromatic heterocycles. The van der Waals surface area contributed by atoms with Gasteiger partial charge < -0.3 is 10.7 Å². The molecule has 7 nitrogen and oxygen atoms in total. The molecule has 1 fully saturated rings. The van der Waals surface area contributed by atoms with Crippen LogP contribution in [0.1, 0.15) is 58.0 Å². The van der Waals surface area contributed by atoms with Crippen LogP contribution >= 0.6 is 0 Å². The van der Waals surface area contributed by atoms with Crippen LogP contribution in [0.25, 0.3) is 10.9 Å². The lowest BCUT2D eigenvalue weighted by atomic mass is 9.83. The summed E-state index contributed by atoms with van der Waals surface area (Å²) in [4.78, 5) is 45.9. The zero-order valence-corrected chi connectivity index (χ0v) is 20.8. The van der Waals surface area contributed by atoms with Gasteiger partial charge in [-0.25, -0.2) is 4.90 Å². The van der Waals surface area contributed by atoms with Crippen molar-refractivity contribution in [3.63, 3.8) is 0 Å². The Morgan fingerprint density at radius 1 is 1.00 bits per heavy atom. The van der Waals surface area contributed by atoms with Crippen LogP contribution < -0.4 is 10.6 Å². The number of aromatic amines is 1. The molecule has 0 spiro atoms. The van der Waals surface area contributed by atoms with Crippen LogP contribution in [0.3, 0.4) is 0 Å². The van der Waals surface area contributed by atoms with E-state index in [1.807, 2.05) is 31.2 Å². The number of para-hydroxylation sites is 1. The number of benzene rings is 3. The third kappa shape index (κ3) is 3.65. The molecule has 3 amide bonds. The summed E-state index contributed by atoms with van der Waals surface area (Å²) in [6, 6.07) is 22.8. The van der Waals surface area contributed by atoms with E-state index in [-0.39, 0.29) is 35.8 Å². The molecule has 3 unspecified atom stereocenters. The molecular formula is C30H28N4O3. The first-order chi connectivity index (χ1) is 17.8. The molecular weight excluding hydrogens is 464 g/mol. The number of aryl methyl sites for hydroxylation is 1. The number of nitrogens with one attached hydrogen (secondary N) is 1. The predicted molar refractivity (Wildman–Crippen MR) is 142 cm³/mol. The number of fused-ring (bicyclic) bond motifs is 3. The number of aromatic nitrogens is 1. The number of primary amides is 1. The number of hydrogen-bond acceptors (Lipinski definition) is 4. The van der Waals surface area contributed by atoms with Crippen molar-refractivity contribution in [1.29, 1.82) is 0 Å². The van der Waals surface area contributed by atoms with Gasteiger partial charge in [-0.3, -0.25) is 19.3 Å². The minimum Gasteiger partial charge on any atom is -0.366 e. The summed E-state index contributed by atoms with van der Waals surface area (Å²) in [6.45, 7) is 4.52. The molecule has 3 atom stereocenters. The first-order valence-corrected chi connectivity index (χ1v) is 12.5. The summed E-state index contributed by atoms with van der Waals surface area (Å²) < 4.78 is 0. The molecule has 3 N–H and O–H groups in total. The maximum Gasteiger partial charge on any atom is 0.251 e. The number of nitrogens with two attached hydrogens (primary N) is 1. The zero-order chi connectivity index (χ0) is 25.8. The molecule has 2 aliphatic heterocycles. The fourth-order valence-electron chi connectivity index (χ4n) is 6.00. The molecule has 4 aromatic rings. The maximum absolute atomic E-state index is 13.9. The molecule has 3 heterocycles. The van der Waals surface area contributed by atoms with Crippen LogP contribution in [0.2, 0.25) is 0 Å². The fraction of sp³-hybridized carbons (Fsp3) is 0.233. The van der Waals surface area contributed by atoms with Gasteiger partial charge in [0.15, 0.2) is 0 Å². The Morgan fingerprint density at radius 3 is 2.49 bits per heavy atom. The van der Waals surface area contributed by atoms with Crippen molar-refractivity contribution in [2.45, 2.75) is 38.3 Å². The highest BCUT2D eigenvalue weighted by molar-refractivity contribution is 6.23. The zero-order valence-electron chi connectivity index (χ0n) is 20.8. The average Bonchev–Trinajstić information content (AvgIpc) is 3.43. The quantitative estimate of drug-likeness (QED) is 0.412. The highest BCUT2D eigenvalue weighted by Gasteiger charge is 2.47. The Balaban J connectivity index is 1.42. The smallest absolute Gasteiger partial charge is 0.251 e. The van der Waals surface area contributed by atoms with Gasteiger partial charge in [-0.15, -0.1) is 0 Å². The summed E-state index contributed by atoms with van der Waals surface area (Å²) in [5.41, 5.74) is 11.5. The molecule has 0 aliphatic carbocycles. The van der Waals surface area contributed by atoms with Gasteiger partial charge in [0.1, 0.15) is 0 Å². The number of amides is 3. The summed E-state index contributed by atoms with van der Waals surface area (Å²) >= 11 is 0. The minimum atomic E-state index is -0.607. The van der Waals surface area contributed by atoms with Crippen molar-refractivity contribution in [1.82, 2.24) is 9.88 Å². The van der Waals surface area contributed by atoms with E-state index in [1.54, 1.807) is 12.1 Å². The summed E-state index contributed by atoms with van der Waals surface area (Å²) in [5.74, 6) is -1.10. The Labute approximate surface area is 214 Å². The molecule has 186 valence electrons. The third-order valence-corrected chi connectivity index (χ3v) is 7.89. The third-order valence-electron chi connectivity index (χ3n) is 7.89. The number of rotatable bonds is 4. The predicted octanol–water partition coefficient (Wildman–Crippen LogP) is 4.42. The molecule has 1 saturated heterocycles. The van der Waals surface area contributed by atoms with E-state index in [9.17, 15) is 14.4 Å². The van der Waals surface area contributed by atoms with Crippen LogP contribution in [0, 0.1) is 6.92 Å². The highest BCUT2D eigenvalue weighted by atomic mass is 16.2. The van der Waals surface area contributed by atoms with Crippen LogP contribution in [0.4, 0.5) is 5.69 Å². The van der Waals surface area contributed by atoms with E-state index in [0.29, 0.717) is 12.2 Å². The van der Waals surface area contributed by atoms with E-state index in [0.717, 1.165) is 16.8 Å². The Kier molecular flexibility index (Phi) is 5.46. The minimum absolute atomic E-state index is 0.0421. The maximum atomic E-state index is 13.9. The topological polar surface area (TPSA) is 99.5 Å². The summed E-state index contributed by atoms with van der Waals surface area (Å²) in [7, 11) is 0. The van der Waals surface area contributed by atoms with Crippen molar-refractivity contribution < 1.29 is 14.4 Å². The normalized spacial score (nSPS) is 22.0.